The number of nitrogens with zero attached hydrogens (tertiary/aromatic N) is 2. The van der Waals surface area contributed by atoms with Gasteiger partial charge in [-0.15, -0.1) is 0 Å². The molecule has 2 atom stereocenters. The monoisotopic (exact) mass is 255 g/mol. The summed E-state index contributed by atoms with van der Waals surface area (Å²) in [6, 6.07) is 1.24. The molecule has 0 amide bonds. The van der Waals surface area contributed by atoms with E-state index >= 15 is 0 Å². The van der Waals surface area contributed by atoms with E-state index in [4.69, 9.17) is 0 Å². The Kier molecular flexibility index (Phi) is 7.20. The van der Waals surface area contributed by atoms with Gasteiger partial charge in [-0.25, -0.2) is 0 Å². The second-order valence-corrected chi connectivity index (χ2v) is 6.31. The van der Waals surface area contributed by atoms with E-state index < -0.39 is 0 Å². The second-order valence-electron chi connectivity index (χ2n) is 6.31. The lowest BCUT2D eigenvalue weighted by atomic mass is 10.0. The van der Waals surface area contributed by atoms with Crippen molar-refractivity contribution in [2.45, 2.75) is 52.6 Å². The van der Waals surface area contributed by atoms with Crippen LogP contribution in [0.25, 0.3) is 0 Å². The van der Waals surface area contributed by atoms with Crippen LogP contribution in [0.3, 0.4) is 0 Å². The summed E-state index contributed by atoms with van der Waals surface area (Å²) in [4.78, 5) is 5.12. The molecule has 0 spiro atoms. The van der Waals surface area contributed by atoms with Crippen LogP contribution < -0.4 is 5.32 Å². The Labute approximate surface area is 114 Å². The molecular weight excluding hydrogens is 222 g/mol. The van der Waals surface area contributed by atoms with Gasteiger partial charge >= 0.3 is 0 Å². The number of nitrogens with one attached hydrogen (secondary N) is 1. The lowest BCUT2D eigenvalue weighted by molar-refractivity contribution is 0.172. The molecule has 1 fully saturated rings. The average molecular weight is 255 g/mol. The predicted molar refractivity (Wildman–Crippen MR) is 80.1 cm³/mol. The molecule has 108 valence electrons. The maximum absolute atomic E-state index is 3.54. The van der Waals surface area contributed by atoms with E-state index in [1.165, 1.54) is 39.0 Å². The van der Waals surface area contributed by atoms with Gasteiger partial charge in [0.1, 0.15) is 0 Å². The van der Waals surface area contributed by atoms with Crippen molar-refractivity contribution < 1.29 is 0 Å². The highest BCUT2D eigenvalue weighted by molar-refractivity contribution is 4.75. The normalized spacial score (nSPS) is 20.8. The number of likely N-dealkylation sites (tertiary alicyclic amines) is 1. The molecule has 0 radical (unpaired) electrons. The summed E-state index contributed by atoms with van der Waals surface area (Å²) in [6.07, 6.45) is 2.79. The van der Waals surface area contributed by atoms with E-state index in [0.29, 0.717) is 18.0 Å². The van der Waals surface area contributed by atoms with Gasteiger partial charge in [0.2, 0.25) is 0 Å². The van der Waals surface area contributed by atoms with Crippen molar-refractivity contribution in [3.8, 4) is 0 Å². The Balaban J connectivity index is 2.19. The van der Waals surface area contributed by atoms with Gasteiger partial charge in [0.15, 0.2) is 0 Å². The molecule has 1 aliphatic rings. The third kappa shape index (κ3) is 5.68. The van der Waals surface area contributed by atoms with Crippen molar-refractivity contribution in [3.63, 3.8) is 0 Å². The maximum Gasteiger partial charge on any atom is 0.0109 e. The quantitative estimate of drug-likeness (QED) is 0.716. The van der Waals surface area contributed by atoms with E-state index in [9.17, 15) is 0 Å². The van der Waals surface area contributed by atoms with Crippen molar-refractivity contribution >= 4 is 0 Å². The zero-order valence-electron chi connectivity index (χ0n) is 13.1. The Morgan fingerprint density at radius 3 is 2.28 bits per heavy atom. The van der Waals surface area contributed by atoms with Crippen molar-refractivity contribution in [1.29, 1.82) is 0 Å². The molecule has 3 nitrogen and oxygen atoms in total. The van der Waals surface area contributed by atoms with E-state index in [0.717, 1.165) is 6.54 Å². The minimum Gasteiger partial charge on any atom is -0.314 e. The molecule has 0 aromatic heterocycles. The fourth-order valence-corrected chi connectivity index (χ4v) is 2.54. The highest BCUT2D eigenvalue weighted by Gasteiger charge is 2.18. The average Bonchev–Trinajstić information content (AvgIpc) is 2.85. The fraction of sp³-hybridized carbons (Fsp3) is 1.00. The van der Waals surface area contributed by atoms with Crippen molar-refractivity contribution in [3.05, 3.63) is 0 Å². The molecule has 1 saturated heterocycles. The highest BCUT2D eigenvalue weighted by Crippen LogP contribution is 2.11. The number of rotatable bonds is 8. The summed E-state index contributed by atoms with van der Waals surface area (Å²) in [5, 5.41) is 3.54. The number of hydrogen-bond acceptors (Lipinski definition) is 3. The SMILES string of the molecule is CC(C)NCC(C)C(C)N(C)CCN1CCCC1. The molecule has 1 heterocycles. The van der Waals surface area contributed by atoms with Gasteiger partial charge in [-0.05, 0) is 52.4 Å². The minimum absolute atomic E-state index is 0.592. The first-order chi connectivity index (χ1) is 8.50. The molecule has 1 aliphatic heterocycles. The third-order valence-corrected chi connectivity index (χ3v) is 4.33. The lowest BCUT2D eigenvalue weighted by Gasteiger charge is -2.31. The molecule has 0 aromatic carbocycles. The summed E-state index contributed by atoms with van der Waals surface area (Å²) in [7, 11) is 2.27. The van der Waals surface area contributed by atoms with Gasteiger partial charge in [0, 0.05) is 25.2 Å². The van der Waals surface area contributed by atoms with Crippen LogP contribution in [0, 0.1) is 5.92 Å². The molecule has 0 aromatic rings. The summed E-state index contributed by atoms with van der Waals surface area (Å²) in [5.74, 6) is 0.705. The summed E-state index contributed by atoms with van der Waals surface area (Å²) >= 11 is 0. The first-order valence-electron chi connectivity index (χ1n) is 7.66. The molecule has 3 heteroatoms. The Bertz CT molecular complexity index is 212. The van der Waals surface area contributed by atoms with E-state index in [2.05, 4.69) is 49.9 Å². The van der Waals surface area contributed by atoms with Crippen LogP contribution in [0.1, 0.15) is 40.5 Å². The molecule has 1 N–H and O–H groups in total. The topological polar surface area (TPSA) is 18.5 Å². The summed E-state index contributed by atoms with van der Waals surface area (Å²) in [5.41, 5.74) is 0. The van der Waals surface area contributed by atoms with Crippen LogP contribution in [0.5, 0.6) is 0 Å². The van der Waals surface area contributed by atoms with Crippen LogP contribution in [-0.4, -0.2) is 61.7 Å². The van der Waals surface area contributed by atoms with Crippen molar-refractivity contribution in [2.75, 3.05) is 39.8 Å². The Morgan fingerprint density at radius 1 is 1.11 bits per heavy atom. The first kappa shape index (κ1) is 15.9. The van der Waals surface area contributed by atoms with Crippen LogP contribution in [-0.2, 0) is 0 Å². The standard InChI is InChI=1S/C15H33N3/c1-13(2)16-12-14(3)15(4)17(5)10-11-18-8-6-7-9-18/h13-16H,6-12H2,1-5H3. The Hall–Kier alpha value is -0.120. The zero-order chi connectivity index (χ0) is 13.5. The zero-order valence-corrected chi connectivity index (χ0v) is 13.1. The van der Waals surface area contributed by atoms with Gasteiger partial charge in [0.25, 0.3) is 0 Å². The molecular formula is C15H33N3. The smallest absolute Gasteiger partial charge is 0.0109 e. The van der Waals surface area contributed by atoms with Crippen LogP contribution in [0.2, 0.25) is 0 Å². The molecule has 18 heavy (non-hydrogen) atoms. The molecule has 0 aliphatic carbocycles. The van der Waals surface area contributed by atoms with Crippen molar-refractivity contribution in [1.82, 2.24) is 15.1 Å². The molecule has 2 unspecified atom stereocenters. The third-order valence-electron chi connectivity index (χ3n) is 4.33. The summed E-state index contributed by atoms with van der Waals surface area (Å²) < 4.78 is 0. The van der Waals surface area contributed by atoms with Crippen LogP contribution >= 0.6 is 0 Å². The van der Waals surface area contributed by atoms with Gasteiger partial charge in [-0.1, -0.05) is 20.8 Å². The van der Waals surface area contributed by atoms with Gasteiger partial charge in [-0.2, -0.15) is 0 Å². The van der Waals surface area contributed by atoms with Gasteiger partial charge in [-0.3, -0.25) is 0 Å². The van der Waals surface area contributed by atoms with Gasteiger partial charge < -0.3 is 15.1 Å². The fourth-order valence-electron chi connectivity index (χ4n) is 2.54. The highest BCUT2D eigenvalue weighted by atomic mass is 15.2. The second kappa shape index (κ2) is 8.13. The lowest BCUT2D eigenvalue weighted by Crippen LogP contribution is -2.43. The van der Waals surface area contributed by atoms with Crippen molar-refractivity contribution in [2.24, 2.45) is 5.92 Å². The first-order valence-corrected chi connectivity index (χ1v) is 7.66. The largest absolute Gasteiger partial charge is 0.314 e. The molecule has 0 bridgehead atoms. The predicted octanol–water partition coefficient (Wildman–Crippen LogP) is 2.04. The maximum atomic E-state index is 3.54. The van der Waals surface area contributed by atoms with Crippen LogP contribution in [0.15, 0.2) is 0 Å². The molecule has 0 saturated carbocycles. The van der Waals surface area contributed by atoms with E-state index in [-0.39, 0.29) is 0 Å². The van der Waals surface area contributed by atoms with Gasteiger partial charge in [0.05, 0.1) is 0 Å². The van der Waals surface area contributed by atoms with E-state index in [1.54, 1.807) is 0 Å². The van der Waals surface area contributed by atoms with Crippen LogP contribution in [0.4, 0.5) is 0 Å². The minimum atomic E-state index is 0.592. The number of hydrogen-bond donors (Lipinski definition) is 1. The van der Waals surface area contributed by atoms with E-state index in [1.807, 2.05) is 0 Å². The molecule has 1 rings (SSSR count). The Morgan fingerprint density at radius 2 is 1.72 bits per heavy atom. The number of likely N-dealkylation sites (N-methyl/N-ethyl adjacent to an activating group) is 1. The summed E-state index contributed by atoms with van der Waals surface area (Å²) in [6.45, 7) is 15.3.